The number of hydrogen-bond acceptors (Lipinski definition) is 11. The molecule has 0 unspecified atom stereocenters. The van der Waals surface area contributed by atoms with Gasteiger partial charge in [0.2, 0.25) is 11.8 Å². The molecule has 17 heteroatoms. The van der Waals surface area contributed by atoms with Crippen molar-refractivity contribution in [2.75, 3.05) is 58.4 Å². The summed E-state index contributed by atoms with van der Waals surface area (Å²) in [5.74, 6) is 1.19. The van der Waals surface area contributed by atoms with E-state index in [0.717, 1.165) is 29.7 Å². The van der Waals surface area contributed by atoms with E-state index in [1.165, 1.54) is 12.5 Å². The lowest BCUT2D eigenvalue weighted by Gasteiger charge is -2.33. The van der Waals surface area contributed by atoms with E-state index >= 15 is 0 Å². The molecule has 1 fully saturated rings. The number of likely N-dealkylation sites (tertiary alicyclic amines) is 1. The molecular formula is C47H47ClN8O8. The number of fused-ring (bicyclic) bond motifs is 2. The number of hydrogen-bond donors (Lipinski definition) is 4. The summed E-state index contributed by atoms with van der Waals surface area (Å²) in [6, 6.07) is 27.9. The lowest BCUT2D eigenvalue weighted by molar-refractivity contribution is -0.134. The molecule has 0 spiro atoms. The van der Waals surface area contributed by atoms with Gasteiger partial charge in [-0.3, -0.25) is 9.59 Å². The predicted octanol–water partition coefficient (Wildman–Crippen LogP) is 7.54. The van der Waals surface area contributed by atoms with Crippen LogP contribution < -0.4 is 20.5 Å². The Morgan fingerprint density at radius 1 is 0.859 bits per heavy atom. The largest absolute Gasteiger partial charge is 0.492 e. The number of nitrogens with two attached hydrogens (primary N) is 1. The first kappa shape index (κ1) is 43.6. The average Bonchev–Trinajstić information content (AvgIpc) is 3.92. The standard InChI is InChI=1S/C47H47ClN8O8/c48-39-26-40-37(38(27-51-40)47(59)60)25-36(39)30-8-12-33(13-9-30)63-22-18-50-41(57)16-20-61-23-24-62-21-17-42(58)55-19-4-5-32(28-55)56-46-43(45(49)52-29-53-46)44(54-56)31-10-14-35(15-11-31)64-34-6-2-1-3-7-34/h1-3,6-15,25-27,29,32,51H,4-5,16-24,28H2,(H,50,57)(H,59,60)(H2,49,52,53)/t32-/m1/s1. The number of halogens is 1. The van der Waals surface area contributed by atoms with Crippen LogP contribution in [-0.4, -0.2) is 105 Å². The second kappa shape index (κ2) is 20.4. The minimum atomic E-state index is -1.02. The van der Waals surface area contributed by atoms with E-state index in [2.05, 4.69) is 20.3 Å². The number of nitrogen functional groups attached to an aromatic ring is 1. The molecule has 2 amide bonds. The molecule has 0 radical (unpaired) electrons. The minimum Gasteiger partial charge on any atom is -0.492 e. The number of benzene rings is 4. The highest BCUT2D eigenvalue weighted by Crippen LogP contribution is 2.36. The molecule has 7 aromatic rings. The summed E-state index contributed by atoms with van der Waals surface area (Å²) < 4.78 is 24.9. The summed E-state index contributed by atoms with van der Waals surface area (Å²) in [4.78, 5) is 50.8. The Hall–Kier alpha value is -7.01. The Labute approximate surface area is 373 Å². The van der Waals surface area contributed by atoms with Crippen molar-refractivity contribution in [3.05, 3.63) is 114 Å². The number of ether oxygens (including phenoxy) is 4. The van der Waals surface area contributed by atoms with Crippen LogP contribution >= 0.6 is 11.6 Å². The Balaban J connectivity index is 0.715. The van der Waals surface area contributed by atoms with Crippen LogP contribution in [0.3, 0.4) is 0 Å². The van der Waals surface area contributed by atoms with Crippen LogP contribution in [0.4, 0.5) is 5.82 Å². The highest BCUT2D eigenvalue weighted by molar-refractivity contribution is 6.34. The fourth-order valence-electron chi connectivity index (χ4n) is 7.66. The average molecular weight is 887 g/mol. The zero-order valence-corrected chi connectivity index (χ0v) is 35.6. The summed E-state index contributed by atoms with van der Waals surface area (Å²) in [5.41, 5.74) is 10.9. The first-order valence-corrected chi connectivity index (χ1v) is 21.4. The lowest BCUT2D eigenvalue weighted by atomic mass is 10.0. The summed E-state index contributed by atoms with van der Waals surface area (Å²) >= 11 is 6.49. The minimum absolute atomic E-state index is 0.00346. The maximum atomic E-state index is 13.3. The second-order valence-electron chi connectivity index (χ2n) is 15.2. The van der Waals surface area contributed by atoms with E-state index in [9.17, 15) is 19.5 Å². The number of H-pyrrole nitrogens is 1. The molecule has 0 bridgehead atoms. The van der Waals surface area contributed by atoms with Crippen LogP contribution in [-0.2, 0) is 19.1 Å². The molecule has 1 atom stereocenters. The number of para-hydroxylation sites is 1. The van der Waals surface area contributed by atoms with Gasteiger partial charge in [0.1, 0.15) is 41.7 Å². The molecule has 330 valence electrons. The number of aromatic amines is 1. The summed E-state index contributed by atoms with van der Waals surface area (Å²) in [5, 5.41) is 19.0. The van der Waals surface area contributed by atoms with E-state index in [-0.39, 0.29) is 56.1 Å². The molecule has 4 aromatic carbocycles. The molecule has 16 nitrogen and oxygen atoms in total. The van der Waals surface area contributed by atoms with Gasteiger partial charge >= 0.3 is 5.97 Å². The normalized spacial score (nSPS) is 13.9. The molecule has 5 N–H and O–H groups in total. The third-order valence-corrected chi connectivity index (χ3v) is 11.2. The van der Waals surface area contributed by atoms with Crippen molar-refractivity contribution in [2.24, 2.45) is 0 Å². The summed E-state index contributed by atoms with van der Waals surface area (Å²) in [6.45, 7) is 2.77. The van der Waals surface area contributed by atoms with Gasteiger partial charge in [0.15, 0.2) is 5.65 Å². The van der Waals surface area contributed by atoms with Crippen LogP contribution in [0, 0.1) is 0 Å². The Morgan fingerprint density at radius 3 is 2.34 bits per heavy atom. The van der Waals surface area contributed by atoms with E-state index < -0.39 is 5.97 Å². The zero-order valence-electron chi connectivity index (χ0n) is 34.9. The van der Waals surface area contributed by atoms with Gasteiger partial charge in [-0.25, -0.2) is 19.4 Å². The highest BCUT2D eigenvalue weighted by Gasteiger charge is 2.29. The van der Waals surface area contributed by atoms with E-state index in [1.807, 2.05) is 76.3 Å². The molecule has 0 aliphatic carbocycles. The fraction of sp³-hybridized carbons (Fsp3) is 0.277. The molecule has 1 aliphatic rings. The molecule has 0 saturated carbocycles. The van der Waals surface area contributed by atoms with Gasteiger partial charge in [-0.05, 0) is 79.1 Å². The monoisotopic (exact) mass is 886 g/mol. The molecule has 4 heterocycles. The number of piperidine rings is 1. The molecule has 1 saturated heterocycles. The number of amides is 2. The van der Waals surface area contributed by atoms with Crippen molar-refractivity contribution in [1.29, 1.82) is 0 Å². The summed E-state index contributed by atoms with van der Waals surface area (Å²) in [6.07, 6.45) is 4.93. The fourth-order valence-corrected chi connectivity index (χ4v) is 7.94. The Kier molecular flexibility index (Phi) is 13.9. The SMILES string of the molecule is Nc1ncnc2c1c(-c1ccc(Oc3ccccc3)cc1)nn2[C@@H]1CCCN(C(=O)CCOCCOCCC(=O)NCCOc2ccc(-c3cc4c(C(=O)O)c[nH]c4cc3Cl)cc2)C1. The van der Waals surface area contributed by atoms with Crippen molar-refractivity contribution < 1.29 is 38.4 Å². The van der Waals surface area contributed by atoms with Gasteiger partial charge in [-0.1, -0.05) is 41.9 Å². The van der Waals surface area contributed by atoms with Gasteiger partial charge in [0.25, 0.3) is 0 Å². The van der Waals surface area contributed by atoms with Gasteiger partial charge < -0.3 is 45.0 Å². The van der Waals surface area contributed by atoms with Gasteiger partial charge in [0.05, 0.1) is 61.4 Å². The Morgan fingerprint density at radius 2 is 1.58 bits per heavy atom. The van der Waals surface area contributed by atoms with Gasteiger partial charge in [-0.15, -0.1) is 0 Å². The first-order valence-electron chi connectivity index (χ1n) is 21.0. The number of rotatable bonds is 19. The quantitative estimate of drug-likeness (QED) is 0.0581. The van der Waals surface area contributed by atoms with E-state index in [4.69, 9.17) is 41.4 Å². The number of aromatic carboxylic acids is 1. The number of carboxylic acid groups (broad SMARTS) is 1. The zero-order chi connectivity index (χ0) is 44.4. The number of nitrogens with zero attached hydrogens (tertiary/aromatic N) is 5. The van der Waals surface area contributed by atoms with Crippen LogP contribution in [0.25, 0.3) is 44.3 Å². The number of aromatic nitrogens is 5. The third kappa shape index (κ3) is 10.4. The maximum Gasteiger partial charge on any atom is 0.337 e. The van der Waals surface area contributed by atoms with Crippen LogP contribution in [0.5, 0.6) is 17.2 Å². The van der Waals surface area contributed by atoms with Crippen molar-refractivity contribution in [2.45, 2.75) is 31.7 Å². The number of anilines is 1. The van der Waals surface area contributed by atoms with E-state index in [1.54, 1.807) is 24.3 Å². The van der Waals surface area contributed by atoms with E-state index in [0.29, 0.717) is 88.4 Å². The smallest absolute Gasteiger partial charge is 0.337 e. The number of carboxylic acids is 1. The third-order valence-electron chi connectivity index (χ3n) is 10.9. The maximum absolute atomic E-state index is 13.3. The first-order chi connectivity index (χ1) is 31.2. The highest BCUT2D eigenvalue weighted by atomic mass is 35.5. The van der Waals surface area contributed by atoms with Crippen LogP contribution in [0.1, 0.15) is 42.1 Å². The van der Waals surface area contributed by atoms with Crippen molar-refractivity contribution >= 4 is 57.1 Å². The second-order valence-corrected chi connectivity index (χ2v) is 15.6. The van der Waals surface area contributed by atoms with Crippen LogP contribution in [0.15, 0.2) is 104 Å². The van der Waals surface area contributed by atoms with Crippen molar-refractivity contribution in [3.63, 3.8) is 0 Å². The topological polar surface area (TPSA) is 209 Å². The number of carbonyl (C=O) groups is 3. The van der Waals surface area contributed by atoms with Crippen LogP contribution in [0.2, 0.25) is 5.02 Å². The molecule has 64 heavy (non-hydrogen) atoms. The van der Waals surface area contributed by atoms with Gasteiger partial charge in [-0.2, -0.15) is 5.10 Å². The predicted molar refractivity (Wildman–Crippen MR) is 242 cm³/mol. The lowest BCUT2D eigenvalue weighted by Crippen LogP contribution is -2.41. The Bertz CT molecular complexity index is 2730. The number of nitrogens with one attached hydrogen (secondary N) is 2. The van der Waals surface area contributed by atoms with Gasteiger partial charge in [0, 0.05) is 47.7 Å². The molecule has 3 aromatic heterocycles. The molecule has 8 rings (SSSR count). The van der Waals surface area contributed by atoms with Crippen molar-refractivity contribution in [1.82, 2.24) is 34.9 Å². The summed E-state index contributed by atoms with van der Waals surface area (Å²) in [7, 11) is 0. The van der Waals surface area contributed by atoms with Crippen molar-refractivity contribution in [3.8, 4) is 39.6 Å². The molecular weight excluding hydrogens is 840 g/mol. The molecule has 1 aliphatic heterocycles. The number of carbonyl (C=O) groups excluding carboxylic acids is 2.